The van der Waals surface area contributed by atoms with Crippen LogP contribution in [0.5, 0.6) is 0 Å². The van der Waals surface area contributed by atoms with Crippen LogP contribution in [-0.2, 0) is 14.8 Å². The first-order valence-electron chi connectivity index (χ1n) is 9.55. The molecule has 0 saturated carbocycles. The van der Waals surface area contributed by atoms with Crippen LogP contribution in [0.15, 0.2) is 70.5 Å². The fourth-order valence-corrected chi connectivity index (χ4v) is 5.15. The molecular weight excluding hydrogens is 420 g/mol. The highest BCUT2D eigenvalue weighted by molar-refractivity contribution is 7.98. The van der Waals surface area contributed by atoms with E-state index in [1.807, 2.05) is 42.7 Å². The van der Waals surface area contributed by atoms with Crippen molar-refractivity contribution in [3.8, 4) is 0 Å². The van der Waals surface area contributed by atoms with E-state index in [1.165, 1.54) is 23.9 Å². The van der Waals surface area contributed by atoms with E-state index in [9.17, 15) is 13.2 Å². The number of thioether (sulfide) groups is 1. The van der Waals surface area contributed by atoms with Crippen molar-refractivity contribution in [3.05, 3.63) is 66.2 Å². The number of morpholine rings is 1. The SMILES string of the molecule is CSc1ccc(S(=O)(=O)Nc2cccc3ccccc23)cc1C(=O)N1CCOCC1. The Kier molecular flexibility index (Phi) is 5.99. The molecule has 1 N–H and O–H groups in total. The average Bonchev–Trinajstić information content (AvgIpc) is 2.79. The minimum absolute atomic E-state index is 0.0600. The summed E-state index contributed by atoms with van der Waals surface area (Å²) in [5.41, 5.74) is 0.897. The Balaban J connectivity index is 1.69. The van der Waals surface area contributed by atoms with E-state index >= 15 is 0 Å². The zero-order valence-electron chi connectivity index (χ0n) is 16.5. The average molecular weight is 443 g/mol. The quantitative estimate of drug-likeness (QED) is 0.608. The van der Waals surface area contributed by atoms with E-state index in [1.54, 1.807) is 17.0 Å². The Morgan fingerprint density at radius 2 is 1.77 bits per heavy atom. The molecule has 0 atom stereocenters. The smallest absolute Gasteiger partial charge is 0.261 e. The summed E-state index contributed by atoms with van der Waals surface area (Å²) < 4.78 is 34.3. The second kappa shape index (κ2) is 8.67. The number of hydrogen-bond acceptors (Lipinski definition) is 5. The molecule has 0 radical (unpaired) electrons. The van der Waals surface area contributed by atoms with Gasteiger partial charge in [-0.05, 0) is 35.9 Å². The number of amides is 1. The van der Waals surface area contributed by atoms with Crippen LogP contribution in [0.4, 0.5) is 5.69 Å². The first kappa shape index (κ1) is 20.7. The first-order valence-corrected chi connectivity index (χ1v) is 12.3. The normalized spacial score (nSPS) is 14.6. The Morgan fingerprint density at radius 1 is 1.03 bits per heavy atom. The molecule has 6 nitrogen and oxygen atoms in total. The molecule has 0 bridgehead atoms. The Labute approximate surface area is 180 Å². The van der Waals surface area contributed by atoms with Crippen LogP contribution < -0.4 is 4.72 Å². The van der Waals surface area contributed by atoms with Gasteiger partial charge in [0.25, 0.3) is 15.9 Å². The number of nitrogens with one attached hydrogen (secondary N) is 1. The number of sulfonamides is 1. The third kappa shape index (κ3) is 4.16. The van der Waals surface area contributed by atoms with Crippen molar-refractivity contribution < 1.29 is 17.9 Å². The number of hydrogen-bond donors (Lipinski definition) is 1. The fraction of sp³-hybridized carbons (Fsp3) is 0.227. The molecule has 0 aromatic heterocycles. The van der Waals surface area contributed by atoms with E-state index in [0.29, 0.717) is 37.6 Å². The molecule has 1 aliphatic rings. The topological polar surface area (TPSA) is 75.7 Å². The molecule has 4 rings (SSSR count). The molecule has 1 saturated heterocycles. The van der Waals surface area contributed by atoms with Crippen LogP contribution in [0.25, 0.3) is 10.8 Å². The van der Waals surface area contributed by atoms with Crippen LogP contribution >= 0.6 is 11.8 Å². The second-order valence-electron chi connectivity index (χ2n) is 6.90. The van der Waals surface area contributed by atoms with E-state index in [2.05, 4.69) is 4.72 Å². The summed E-state index contributed by atoms with van der Waals surface area (Å²) in [7, 11) is -3.87. The van der Waals surface area contributed by atoms with E-state index < -0.39 is 10.0 Å². The maximum absolute atomic E-state index is 13.1. The lowest BCUT2D eigenvalue weighted by Crippen LogP contribution is -2.40. The highest BCUT2D eigenvalue weighted by atomic mass is 32.2. The molecule has 0 unspecified atom stereocenters. The van der Waals surface area contributed by atoms with Gasteiger partial charge in [-0.3, -0.25) is 9.52 Å². The number of benzene rings is 3. The van der Waals surface area contributed by atoms with E-state index in [-0.39, 0.29) is 10.8 Å². The van der Waals surface area contributed by atoms with Gasteiger partial charge in [-0.1, -0.05) is 36.4 Å². The van der Waals surface area contributed by atoms with Crippen molar-refractivity contribution in [2.24, 2.45) is 0 Å². The molecule has 1 aliphatic heterocycles. The van der Waals surface area contributed by atoms with Gasteiger partial charge < -0.3 is 9.64 Å². The summed E-state index contributed by atoms with van der Waals surface area (Å²) in [4.78, 5) is 15.5. The molecule has 0 aliphatic carbocycles. The van der Waals surface area contributed by atoms with Gasteiger partial charge in [0.05, 0.1) is 29.4 Å². The van der Waals surface area contributed by atoms with Crippen molar-refractivity contribution in [3.63, 3.8) is 0 Å². The zero-order chi connectivity index (χ0) is 21.1. The van der Waals surface area contributed by atoms with Crippen molar-refractivity contribution in [2.45, 2.75) is 9.79 Å². The maximum Gasteiger partial charge on any atom is 0.261 e. The molecule has 8 heteroatoms. The maximum atomic E-state index is 13.1. The summed E-state index contributed by atoms with van der Waals surface area (Å²) in [5, 5.41) is 1.76. The summed E-state index contributed by atoms with van der Waals surface area (Å²) in [6.07, 6.45) is 1.87. The van der Waals surface area contributed by atoms with Gasteiger partial charge in [-0.25, -0.2) is 8.42 Å². The number of carbonyl (C=O) groups is 1. The van der Waals surface area contributed by atoms with Gasteiger partial charge in [0, 0.05) is 23.4 Å². The standard InChI is InChI=1S/C22H22N2O4S2/c1-29-21-10-9-17(15-19(21)22(25)24-11-13-28-14-12-24)30(26,27)23-20-8-4-6-16-5-2-3-7-18(16)20/h2-10,15,23H,11-14H2,1H3. The minimum atomic E-state index is -3.87. The molecule has 1 heterocycles. The van der Waals surface area contributed by atoms with Crippen LogP contribution in [-0.4, -0.2) is 51.8 Å². The number of nitrogens with zero attached hydrogens (tertiary/aromatic N) is 1. The van der Waals surface area contributed by atoms with E-state index in [4.69, 9.17) is 4.74 Å². The predicted octanol–water partition coefficient (Wildman–Crippen LogP) is 3.83. The summed E-state index contributed by atoms with van der Waals surface area (Å²) in [5.74, 6) is -0.176. The molecular formula is C22H22N2O4S2. The summed E-state index contributed by atoms with van der Waals surface area (Å²) in [6.45, 7) is 1.97. The number of ether oxygens (including phenoxy) is 1. The molecule has 1 amide bonds. The monoisotopic (exact) mass is 442 g/mol. The number of fused-ring (bicyclic) bond motifs is 1. The number of anilines is 1. The van der Waals surface area contributed by atoms with Crippen LogP contribution in [0.1, 0.15) is 10.4 Å². The molecule has 3 aromatic carbocycles. The fourth-order valence-electron chi connectivity index (χ4n) is 3.48. The highest BCUT2D eigenvalue weighted by Gasteiger charge is 2.24. The van der Waals surface area contributed by atoms with Crippen molar-refractivity contribution in [1.29, 1.82) is 0 Å². The van der Waals surface area contributed by atoms with Crippen LogP contribution in [0.3, 0.4) is 0 Å². The summed E-state index contributed by atoms with van der Waals surface area (Å²) >= 11 is 1.42. The zero-order valence-corrected chi connectivity index (χ0v) is 18.1. The number of rotatable bonds is 5. The van der Waals surface area contributed by atoms with Gasteiger partial charge >= 0.3 is 0 Å². The van der Waals surface area contributed by atoms with Gasteiger partial charge in [0.1, 0.15) is 0 Å². The lowest BCUT2D eigenvalue weighted by molar-refractivity contribution is 0.0300. The predicted molar refractivity (Wildman–Crippen MR) is 120 cm³/mol. The van der Waals surface area contributed by atoms with Gasteiger partial charge in [0.15, 0.2) is 0 Å². The first-order chi connectivity index (χ1) is 14.5. The van der Waals surface area contributed by atoms with Crippen LogP contribution in [0.2, 0.25) is 0 Å². The molecule has 1 fully saturated rings. The molecule has 3 aromatic rings. The summed E-state index contributed by atoms with van der Waals surface area (Å²) in [6, 6.07) is 17.7. The highest BCUT2D eigenvalue weighted by Crippen LogP contribution is 2.29. The Morgan fingerprint density at radius 3 is 2.53 bits per heavy atom. The van der Waals surface area contributed by atoms with Gasteiger partial charge in [0.2, 0.25) is 0 Å². The molecule has 156 valence electrons. The Bertz CT molecular complexity index is 1180. The van der Waals surface area contributed by atoms with Crippen molar-refractivity contribution in [1.82, 2.24) is 4.90 Å². The van der Waals surface area contributed by atoms with Crippen molar-refractivity contribution >= 4 is 44.2 Å². The minimum Gasteiger partial charge on any atom is -0.378 e. The lowest BCUT2D eigenvalue weighted by atomic mass is 10.1. The van der Waals surface area contributed by atoms with Gasteiger partial charge in [-0.15, -0.1) is 11.8 Å². The van der Waals surface area contributed by atoms with Gasteiger partial charge in [-0.2, -0.15) is 0 Å². The third-order valence-electron chi connectivity index (χ3n) is 5.04. The second-order valence-corrected chi connectivity index (χ2v) is 9.43. The van der Waals surface area contributed by atoms with E-state index in [0.717, 1.165) is 15.7 Å². The Hall–Kier alpha value is -2.55. The molecule has 0 spiro atoms. The largest absolute Gasteiger partial charge is 0.378 e. The lowest BCUT2D eigenvalue weighted by Gasteiger charge is -2.27. The van der Waals surface area contributed by atoms with Crippen LogP contribution in [0, 0.1) is 0 Å². The number of carbonyl (C=O) groups excluding carboxylic acids is 1. The third-order valence-corrected chi connectivity index (χ3v) is 7.20. The molecule has 30 heavy (non-hydrogen) atoms. The van der Waals surface area contributed by atoms with Crippen molar-refractivity contribution in [2.75, 3.05) is 37.3 Å².